The summed E-state index contributed by atoms with van der Waals surface area (Å²) in [7, 11) is 0. The Morgan fingerprint density at radius 3 is 2.30 bits per heavy atom. The fourth-order valence-corrected chi connectivity index (χ4v) is 12.8. The zero-order valence-electron chi connectivity index (χ0n) is 25.3. The van der Waals surface area contributed by atoms with Crippen molar-refractivity contribution in [1.29, 1.82) is 0 Å². The van der Waals surface area contributed by atoms with Crippen LogP contribution in [0.3, 0.4) is 0 Å². The number of ketones is 1. The number of rotatable bonds is 2. The lowest BCUT2D eigenvalue weighted by Crippen LogP contribution is -2.74. The van der Waals surface area contributed by atoms with Crippen LogP contribution in [0.25, 0.3) is 0 Å². The molecule has 3 saturated heterocycles. The molecular formula is C31H43NO11. The van der Waals surface area contributed by atoms with Gasteiger partial charge in [0, 0.05) is 24.3 Å². The number of carbonyl (C=O) groups is 3. The molecular weight excluding hydrogens is 562 g/mol. The number of hydrogen-bond donors (Lipinski definition) is 5. The lowest BCUT2D eigenvalue weighted by atomic mass is 9.40. The van der Waals surface area contributed by atoms with Crippen LogP contribution in [0.5, 0.6) is 0 Å². The summed E-state index contributed by atoms with van der Waals surface area (Å²) in [5, 5.41) is 48.2. The first kappa shape index (κ1) is 28.8. The second-order valence-electron chi connectivity index (χ2n) is 15.7. The molecule has 0 aromatic heterocycles. The van der Waals surface area contributed by atoms with Crippen molar-refractivity contribution in [1.82, 2.24) is 0 Å². The van der Waals surface area contributed by atoms with Gasteiger partial charge in [-0.2, -0.15) is 0 Å². The predicted octanol–water partition coefficient (Wildman–Crippen LogP) is -0.732. The van der Waals surface area contributed by atoms with Gasteiger partial charge >= 0.3 is 11.9 Å². The molecule has 0 aromatic rings. The molecule has 20 atom stereocenters. The van der Waals surface area contributed by atoms with Crippen molar-refractivity contribution >= 4 is 17.7 Å². The first-order chi connectivity index (χ1) is 19.9. The molecule has 0 aromatic carbocycles. The van der Waals surface area contributed by atoms with E-state index in [2.05, 4.69) is 0 Å². The third-order valence-corrected chi connectivity index (χ3v) is 14.6. The number of aliphatic hydroxyl groups excluding tert-OH is 3. The molecule has 2 unspecified atom stereocenters. The second kappa shape index (κ2) is 8.00. The second-order valence-corrected chi connectivity index (χ2v) is 15.7. The smallest absolute Gasteiger partial charge is 0.341 e. The monoisotopic (exact) mass is 605 g/mol. The van der Waals surface area contributed by atoms with Crippen LogP contribution in [-0.2, 0) is 33.3 Å². The number of esters is 2. The largest absolute Gasteiger partial charge is 0.462 e. The van der Waals surface area contributed by atoms with Gasteiger partial charge in [-0.1, -0.05) is 13.8 Å². The third-order valence-electron chi connectivity index (χ3n) is 14.6. The number of hydrogen-bond acceptors (Lipinski definition) is 12. The van der Waals surface area contributed by atoms with E-state index in [1.54, 1.807) is 6.92 Å². The highest BCUT2D eigenvalue weighted by Gasteiger charge is 2.92. The minimum atomic E-state index is -2.00. The molecule has 6 N–H and O–H groups in total. The molecule has 3 heterocycles. The average Bonchev–Trinajstić information content (AvgIpc) is 3.82. The van der Waals surface area contributed by atoms with Crippen LogP contribution < -0.4 is 5.73 Å². The number of nitrogens with two attached hydrogens (primary N) is 1. The van der Waals surface area contributed by atoms with Crippen molar-refractivity contribution in [2.45, 2.75) is 115 Å². The standard InChI is InChI=1S/C31H43NO11/c1-9-17-19(28(5)29(6,39)26(38)43-31(28)25(9)42-31)22(36)18-16-12(8-15(27(17,18)4)40-11(3)34)30(10(2)33)13(20(32)21(16)35)7-14-23(41-14)24(30)37/h9,12-25,35-37,39H,7-8,32H2,1-6H3/t9-,12?,13+,14-,15-,16?,17-,18+,19-,20-,21+,22+,23-,24-,25+,27+,28-,29+,30+,31-/m0/s1. The summed E-state index contributed by atoms with van der Waals surface area (Å²) in [4.78, 5) is 39.7. The molecule has 8 aliphatic rings. The number of epoxide rings is 2. The Morgan fingerprint density at radius 2 is 1.67 bits per heavy atom. The third kappa shape index (κ3) is 2.77. The summed E-state index contributed by atoms with van der Waals surface area (Å²) in [6.07, 6.45) is -5.12. The van der Waals surface area contributed by atoms with Crippen molar-refractivity contribution in [2.24, 2.45) is 63.4 Å². The van der Waals surface area contributed by atoms with E-state index in [0.29, 0.717) is 6.42 Å². The number of carbonyl (C=O) groups excluding carboxylic acids is 3. The summed E-state index contributed by atoms with van der Waals surface area (Å²) >= 11 is 0. The molecule has 43 heavy (non-hydrogen) atoms. The Bertz CT molecular complexity index is 1340. The summed E-state index contributed by atoms with van der Waals surface area (Å²) in [6.45, 7) is 9.77. The van der Waals surface area contributed by atoms with Gasteiger partial charge in [-0.3, -0.25) is 9.59 Å². The summed E-state index contributed by atoms with van der Waals surface area (Å²) in [5.74, 6) is -7.33. The van der Waals surface area contributed by atoms with Gasteiger partial charge < -0.3 is 45.1 Å². The van der Waals surface area contributed by atoms with Gasteiger partial charge in [-0.25, -0.2) is 4.79 Å². The van der Waals surface area contributed by atoms with Gasteiger partial charge in [-0.05, 0) is 69.1 Å². The summed E-state index contributed by atoms with van der Waals surface area (Å²) in [6, 6.07) is -0.884. The molecule has 0 bridgehead atoms. The van der Waals surface area contributed by atoms with Crippen LogP contribution in [0.15, 0.2) is 0 Å². The quantitative estimate of drug-likeness (QED) is 0.195. The molecule has 1 spiro atoms. The number of ether oxygens (including phenoxy) is 4. The minimum absolute atomic E-state index is 0.160. The molecule has 0 radical (unpaired) electrons. The number of aliphatic hydroxyl groups is 4. The van der Waals surface area contributed by atoms with E-state index in [9.17, 15) is 34.8 Å². The first-order valence-corrected chi connectivity index (χ1v) is 15.7. The van der Waals surface area contributed by atoms with E-state index in [4.69, 9.17) is 24.7 Å². The average molecular weight is 606 g/mol. The molecule has 3 aliphatic heterocycles. The van der Waals surface area contributed by atoms with Crippen LogP contribution in [0, 0.1) is 57.7 Å². The lowest BCUT2D eigenvalue weighted by Gasteiger charge is -2.65. The van der Waals surface area contributed by atoms with E-state index in [0.717, 1.165) is 0 Å². The van der Waals surface area contributed by atoms with Crippen molar-refractivity contribution in [3.8, 4) is 0 Å². The van der Waals surface area contributed by atoms with Crippen LogP contribution in [0.1, 0.15) is 54.4 Å². The Hall–Kier alpha value is -1.67. The minimum Gasteiger partial charge on any atom is -0.462 e. The van der Waals surface area contributed by atoms with E-state index < -0.39 is 118 Å². The Labute approximate surface area is 249 Å². The van der Waals surface area contributed by atoms with E-state index in [1.807, 2.05) is 13.8 Å². The van der Waals surface area contributed by atoms with Crippen molar-refractivity contribution < 1.29 is 53.8 Å². The van der Waals surface area contributed by atoms with Gasteiger partial charge in [0.25, 0.3) is 0 Å². The normalized spacial score (nSPS) is 65.4. The molecule has 5 saturated carbocycles. The van der Waals surface area contributed by atoms with Crippen molar-refractivity contribution in [3.63, 3.8) is 0 Å². The maximum atomic E-state index is 13.9. The molecule has 238 valence electrons. The zero-order valence-corrected chi connectivity index (χ0v) is 25.3. The van der Waals surface area contributed by atoms with E-state index >= 15 is 0 Å². The van der Waals surface area contributed by atoms with Gasteiger partial charge in [-0.15, -0.1) is 0 Å². The summed E-state index contributed by atoms with van der Waals surface area (Å²) < 4.78 is 23.8. The highest BCUT2D eigenvalue weighted by atomic mass is 16.8. The van der Waals surface area contributed by atoms with Crippen molar-refractivity contribution in [2.75, 3.05) is 0 Å². The molecule has 12 nitrogen and oxygen atoms in total. The highest BCUT2D eigenvalue weighted by molar-refractivity contribution is 5.85. The van der Waals surface area contributed by atoms with E-state index in [-0.39, 0.29) is 24.2 Å². The van der Waals surface area contributed by atoms with Crippen molar-refractivity contribution in [3.05, 3.63) is 0 Å². The van der Waals surface area contributed by atoms with Gasteiger partial charge in [0.05, 0.1) is 35.2 Å². The molecule has 8 fully saturated rings. The molecule has 12 heteroatoms. The van der Waals surface area contributed by atoms with Crippen LogP contribution in [-0.4, -0.2) is 98.3 Å². The molecule has 5 aliphatic carbocycles. The topological polar surface area (TPSA) is 202 Å². The van der Waals surface area contributed by atoms with Crippen LogP contribution in [0.4, 0.5) is 0 Å². The lowest BCUT2D eigenvalue weighted by molar-refractivity contribution is -0.240. The van der Waals surface area contributed by atoms with E-state index in [1.165, 1.54) is 20.8 Å². The maximum absolute atomic E-state index is 13.9. The zero-order chi connectivity index (χ0) is 31.1. The summed E-state index contributed by atoms with van der Waals surface area (Å²) in [5.41, 5.74) is 1.06. The van der Waals surface area contributed by atoms with Gasteiger partial charge in [0.1, 0.15) is 24.1 Å². The predicted molar refractivity (Wildman–Crippen MR) is 143 cm³/mol. The molecule has 8 rings (SSSR count). The number of fused-ring (bicyclic) bond motifs is 9. The highest BCUT2D eigenvalue weighted by Crippen LogP contribution is 2.80. The first-order valence-electron chi connectivity index (χ1n) is 15.7. The fraction of sp³-hybridized carbons (Fsp3) is 0.903. The Morgan fingerprint density at radius 1 is 1.00 bits per heavy atom. The van der Waals surface area contributed by atoms with Gasteiger partial charge in [0.15, 0.2) is 5.60 Å². The number of Topliss-reactive ketones (excluding diaryl/α,β-unsaturated/α-hetero) is 1. The van der Waals surface area contributed by atoms with Gasteiger partial charge in [0.2, 0.25) is 5.79 Å². The molecule has 0 amide bonds. The van der Waals surface area contributed by atoms with Crippen LogP contribution in [0.2, 0.25) is 0 Å². The maximum Gasteiger partial charge on any atom is 0.341 e. The SMILES string of the molecule is CC(=O)O[C@H]1CC2C([C@@H](O)[C@@H](N)[C@H]3C[C@@H]4O[C@@H]4[C@H](O)[C@]23C(C)=O)[C@@H]2[C@@H](O)[C@@H]3[C@H]([C@H](C)[C@H]4O[C@]45OC(=O)[C@@](C)(O)[C@]35C)[C@@]12C. The Balaban J connectivity index is 1.34. The Kier molecular flexibility index (Phi) is 5.35. The van der Waals surface area contributed by atoms with Crippen LogP contribution >= 0.6 is 0 Å². The fourth-order valence-electron chi connectivity index (χ4n) is 12.8.